The van der Waals surface area contributed by atoms with Gasteiger partial charge in [-0.3, -0.25) is 9.59 Å². The number of rotatable bonds is 2. The fourth-order valence-electron chi connectivity index (χ4n) is 2.63. The third kappa shape index (κ3) is 3.05. The Kier molecular flexibility index (Phi) is 3.86. The van der Waals surface area contributed by atoms with Crippen molar-refractivity contribution in [2.75, 3.05) is 13.1 Å². The van der Waals surface area contributed by atoms with E-state index >= 15 is 0 Å². The maximum atomic E-state index is 12.5. The Morgan fingerprint density at radius 1 is 0.952 bits per heavy atom. The first-order chi connectivity index (χ1) is 10.2. The van der Waals surface area contributed by atoms with Crippen LogP contribution in [0.15, 0.2) is 48.8 Å². The van der Waals surface area contributed by atoms with Gasteiger partial charge in [0.15, 0.2) is 0 Å². The van der Waals surface area contributed by atoms with E-state index in [-0.39, 0.29) is 11.7 Å². The van der Waals surface area contributed by atoms with E-state index < -0.39 is 0 Å². The number of Topliss-reactive ketones (excluding diaryl/α,β-unsaturated/α-hetero) is 1. The molecule has 0 radical (unpaired) electrons. The average molecular weight is 282 g/mol. The van der Waals surface area contributed by atoms with Crippen molar-refractivity contribution in [2.24, 2.45) is 0 Å². The molecule has 1 fully saturated rings. The van der Waals surface area contributed by atoms with E-state index in [2.05, 4.69) is 0 Å². The van der Waals surface area contributed by atoms with Crippen LogP contribution in [0.4, 0.5) is 0 Å². The topological polar surface area (TPSA) is 42.3 Å². The fraction of sp³-hybridized carbons (Fsp3) is 0.294. The quantitative estimate of drug-likeness (QED) is 0.850. The smallest absolute Gasteiger partial charge is 0.253 e. The van der Waals surface area contributed by atoms with Gasteiger partial charge in [-0.2, -0.15) is 0 Å². The molecule has 3 rings (SSSR count). The summed E-state index contributed by atoms with van der Waals surface area (Å²) in [7, 11) is 0. The van der Waals surface area contributed by atoms with Gasteiger partial charge in [-0.1, -0.05) is 0 Å². The Morgan fingerprint density at radius 3 is 2.38 bits per heavy atom. The minimum Gasteiger partial charge on any atom is -0.338 e. The van der Waals surface area contributed by atoms with Crippen molar-refractivity contribution in [3.8, 4) is 5.69 Å². The molecule has 1 aromatic heterocycles. The molecular formula is C17H18N2O2. The Hall–Kier alpha value is -2.36. The molecule has 21 heavy (non-hydrogen) atoms. The molecule has 0 N–H and O–H groups in total. The first-order valence-corrected chi connectivity index (χ1v) is 7.28. The lowest BCUT2D eigenvalue weighted by molar-refractivity contribution is -0.118. The lowest BCUT2D eigenvalue weighted by Crippen LogP contribution is -2.32. The lowest BCUT2D eigenvalue weighted by atomic mass is 10.1. The van der Waals surface area contributed by atoms with Crippen LogP contribution >= 0.6 is 0 Å². The zero-order valence-corrected chi connectivity index (χ0v) is 11.9. The van der Waals surface area contributed by atoms with Gasteiger partial charge >= 0.3 is 0 Å². The third-order valence-electron chi connectivity index (χ3n) is 3.85. The van der Waals surface area contributed by atoms with Gasteiger partial charge in [-0.25, -0.2) is 0 Å². The van der Waals surface area contributed by atoms with Crippen LogP contribution < -0.4 is 0 Å². The number of amides is 1. The highest BCUT2D eigenvalue weighted by atomic mass is 16.2. The summed E-state index contributed by atoms with van der Waals surface area (Å²) in [5.74, 6) is 0.275. The van der Waals surface area contributed by atoms with Crippen molar-refractivity contribution < 1.29 is 9.59 Å². The highest BCUT2D eigenvalue weighted by Crippen LogP contribution is 2.14. The van der Waals surface area contributed by atoms with Gasteiger partial charge < -0.3 is 9.47 Å². The predicted octanol–water partition coefficient (Wildman–Crippen LogP) is 2.67. The summed E-state index contributed by atoms with van der Waals surface area (Å²) in [6.45, 7) is 1.21. The molecule has 0 atom stereocenters. The Morgan fingerprint density at radius 2 is 1.67 bits per heavy atom. The molecule has 0 aliphatic carbocycles. The van der Waals surface area contributed by atoms with Crippen LogP contribution in [0, 0.1) is 0 Å². The van der Waals surface area contributed by atoms with Gasteiger partial charge in [0.25, 0.3) is 5.91 Å². The van der Waals surface area contributed by atoms with Crippen molar-refractivity contribution in [2.45, 2.75) is 19.3 Å². The molecular weight excluding hydrogens is 264 g/mol. The van der Waals surface area contributed by atoms with E-state index in [0.29, 0.717) is 31.5 Å². The van der Waals surface area contributed by atoms with Crippen LogP contribution in [0.2, 0.25) is 0 Å². The highest BCUT2D eigenvalue weighted by Gasteiger charge is 2.19. The molecule has 0 saturated carbocycles. The van der Waals surface area contributed by atoms with Crippen molar-refractivity contribution in [1.29, 1.82) is 0 Å². The Labute approximate surface area is 124 Å². The van der Waals surface area contributed by atoms with E-state index in [0.717, 1.165) is 12.1 Å². The molecule has 4 heteroatoms. The number of likely N-dealkylation sites (tertiary alicyclic amines) is 1. The summed E-state index contributed by atoms with van der Waals surface area (Å²) in [5, 5.41) is 0. The molecule has 1 amide bonds. The zero-order valence-electron chi connectivity index (χ0n) is 11.9. The maximum Gasteiger partial charge on any atom is 0.253 e. The molecule has 1 aliphatic heterocycles. The van der Waals surface area contributed by atoms with Crippen molar-refractivity contribution in [1.82, 2.24) is 9.47 Å². The third-order valence-corrected chi connectivity index (χ3v) is 3.85. The molecule has 1 saturated heterocycles. The van der Waals surface area contributed by atoms with Gasteiger partial charge in [0.1, 0.15) is 5.78 Å². The molecule has 0 bridgehead atoms. The normalized spacial score (nSPS) is 15.8. The van der Waals surface area contributed by atoms with Crippen LogP contribution in [0.1, 0.15) is 29.6 Å². The van der Waals surface area contributed by atoms with E-state index in [4.69, 9.17) is 0 Å². The first-order valence-electron chi connectivity index (χ1n) is 7.28. The Bertz CT molecular complexity index is 629. The minimum atomic E-state index is 0.0174. The van der Waals surface area contributed by atoms with Crippen LogP contribution in [-0.2, 0) is 4.79 Å². The molecule has 4 nitrogen and oxygen atoms in total. The van der Waals surface area contributed by atoms with E-state index in [9.17, 15) is 9.59 Å². The molecule has 0 spiro atoms. The van der Waals surface area contributed by atoms with Crippen molar-refractivity contribution >= 4 is 11.7 Å². The number of hydrogen-bond acceptors (Lipinski definition) is 2. The second-order valence-corrected chi connectivity index (χ2v) is 5.32. The average Bonchev–Trinajstić information content (AvgIpc) is 2.96. The molecule has 1 aliphatic rings. The van der Waals surface area contributed by atoms with Gasteiger partial charge in [-0.05, 0) is 42.8 Å². The van der Waals surface area contributed by atoms with Gasteiger partial charge in [0.05, 0.1) is 0 Å². The second-order valence-electron chi connectivity index (χ2n) is 5.32. The number of benzene rings is 1. The summed E-state index contributed by atoms with van der Waals surface area (Å²) >= 11 is 0. The number of carbonyl (C=O) groups is 2. The maximum absolute atomic E-state index is 12.5. The predicted molar refractivity (Wildman–Crippen MR) is 80.5 cm³/mol. The number of hydrogen-bond donors (Lipinski definition) is 0. The number of ketones is 1. The molecule has 1 aromatic carbocycles. The number of aromatic nitrogens is 1. The van der Waals surface area contributed by atoms with Gasteiger partial charge in [0.2, 0.25) is 0 Å². The monoisotopic (exact) mass is 282 g/mol. The van der Waals surface area contributed by atoms with Crippen LogP contribution in [-0.4, -0.2) is 34.2 Å². The second kappa shape index (κ2) is 5.95. The zero-order chi connectivity index (χ0) is 14.7. The fourth-order valence-corrected chi connectivity index (χ4v) is 2.63. The van der Waals surface area contributed by atoms with Crippen LogP contribution in [0.5, 0.6) is 0 Å². The minimum absolute atomic E-state index is 0.0174. The lowest BCUT2D eigenvalue weighted by Gasteiger charge is -2.20. The van der Waals surface area contributed by atoms with E-state index in [1.807, 2.05) is 53.4 Å². The summed E-state index contributed by atoms with van der Waals surface area (Å²) in [5.41, 5.74) is 1.71. The number of nitrogens with zero attached hydrogens (tertiary/aromatic N) is 2. The largest absolute Gasteiger partial charge is 0.338 e. The van der Waals surface area contributed by atoms with E-state index in [1.165, 1.54) is 0 Å². The molecule has 0 unspecified atom stereocenters. The number of carbonyl (C=O) groups excluding carboxylic acids is 2. The van der Waals surface area contributed by atoms with Crippen LogP contribution in [0.3, 0.4) is 0 Å². The SMILES string of the molecule is O=C1CCCN(C(=O)c2ccc(-n3cccc3)cc2)CC1. The van der Waals surface area contributed by atoms with Crippen molar-refractivity contribution in [3.05, 3.63) is 54.4 Å². The van der Waals surface area contributed by atoms with Gasteiger partial charge in [0, 0.05) is 49.6 Å². The van der Waals surface area contributed by atoms with Crippen LogP contribution in [0.25, 0.3) is 5.69 Å². The summed E-state index contributed by atoms with van der Waals surface area (Å²) < 4.78 is 2.00. The molecule has 2 heterocycles. The summed E-state index contributed by atoms with van der Waals surface area (Å²) in [6.07, 6.45) is 5.78. The molecule has 2 aromatic rings. The standard InChI is InChI=1S/C17H18N2O2/c20-16-4-3-12-19(13-9-16)17(21)14-5-7-15(8-6-14)18-10-1-2-11-18/h1-2,5-8,10-11H,3-4,9,12-13H2. The summed E-state index contributed by atoms with van der Waals surface area (Å²) in [6, 6.07) is 11.5. The highest BCUT2D eigenvalue weighted by molar-refractivity contribution is 5.95. The van der Waals surface area contributed by atoms with E-state index in [1.54, 1.807) is 4.90 Å². The van der Waals surface area contributed by atoms with Gasteiger partial charge in [-0.15, -0.1) is 0 Å². The Balaban J connectivity index is 1.74. The summed E-state index contributed by atoms with van der Waals surface area (Å²) in [4.78, 5) is 25.7. The molecule has 108 valence electrons. The van der Waals surface area contributed by atoms with Crippen molar-refractivity contribution in [3.63, 3.8) is 0 Å². The first kappa shape index (κ1) is 13.6.